The molecule has 4 unspecified atom stereocenters. The van der Waals surface area contributed by atoms with Crippen molar-refractivity contribution < 1.29 is 49.6 Å². The molecule has 0 amide bonds. The zero-order chi connectivity index (χ0) is 26.0. The predicted molar refractivity (Wildman–Crippen MR) is 132 cm³/mol. The van der Waals surface area contributed by atoms with Gasteiger partial charge in [-0.3, -0.25) is 4.99 Å². The van der Waals surface area contributed by atoms with Crippen molar-refractivity contribution in [2.75, 3.05) is 44.1 Å². The summed E-state index contributed by atoms with van der Waals surface area (Å²) >= 11 is 2.81. The Kier molecular flexibility index (Phi) is 14.1. The number of aliphatic imine (C=N–C) groups is 1. The largest absolute Gasteiger partial charge is 0.394 e. The van der Waals surface area contributed by atoms with Crippen LogP contribution in [0, 0.1) is 0 Å². The molecule has 2 heterocycles. The van der Waals surface area contributed by atoms with Crippen molar-refractivity contribution in [3.8, 4) is 0 Å². The third-order valence-electron chi connectivity index (χ3n) is 5.82. The number of amidine groups is 1. The van der Waals surface area contributed by atoms with Crippen LogP contribution in [0.3, 0.4) is 0 Å². The summed E-state index contributed by atoms with van der Waals surface area (Å²) in [6, 6.07) is 0. The SMILES string of the molecule is CCC1O[C@H](OC)[C@@H](OCCCSCCN=C(N)CS[C@H]2OC(CO)[C@@H](O)[C@@H](O)C2O)C(O)[C@@H]1O. The van der Waals surface area contributed by atoms with Gasteiger partial charge in [-0.15, -0.1) is 11.8 Å². The summed E-state index contributed by atoms with van der Waals surface area (Å²) in [5.41, 5.74) is 5.07. The second-order valence-corrected chi connectivity index (χ2v) is 10.7. The lowest BCUT2D eigenvalue weighted by molar-refractivity contribution is -0.299. The number of aliphatic hydroxyl groups excluding tert-OH is 6. The number of nitrogens with two attached hydrogens (primary N) is 1. The van der Waals surface area contributed by atoms with Crippen LogP contribution in [0.5, 0.6) is 0 Å². The first-order chi connectivity index (χ1) is 16.7. The third-order valence-corrected chi connectivity index (χ3v) is 8.05. The van der Waals surface area contributed by atoms with Gasteiger partial charge in [0.1, 0.15) is 54.0 Å². The van der Waals surface area contributed by atoms with Gasteiger partial charge in [0, 0.05) is 26.0 Å². The molecule has 12 nitrogen and oxygen atoms in total. The van der Waals surface area contributed by atoms with Gasteiger partial charge in [-0.25, -0.2) is 0 Å². The van der Waals surface area contributed by atoms with Gasteiger partial charge in [-0.2, -0.15) is 11.8 Å². The molecular weight excluding hydrogens is 504 g/mol. The van der Waals surface area contributed by atoms with E-state index in [1.165, 1.54) is 7.11 Å². The van der Waals surface area contributed by atoms with E-state index >= 15 is 0 Å². The fourth-order valence-electron chi connectivity index (χ4n) is 3.76. The first kappa shape index (κ1) is 31.0. The van der Waals surface area contributed by atoms with Crippen molar-refractivity contribution in [3.63, 3.8) is 0 Å². The van der Waals surface area contributed by atoms with Gasteiger partial charge in [0.25, 0.3) is 0 Å². The van der Waals surface area contributed by atoms with Crippen LogP contribution in [-0.2, 0) is 18.9 Å². The standard InChI is InChI=1S/C21H40N2O10S2/c1-3-11-14(25)17(28)19(20(30-2)32-11)31-6-4-7-34-8-5-23-13(22)10-35-21-18(29)16(27)15(26)12(9-24)33-21/h11-12,14-21,24-29H,3-10H2,1-2H3,(H2,22,23)/t11?,12?,14-,15-,16-,17?,18?,19+,20+,21-/m1/s1. The molecule has 10 atom stereocenters. The molecule has 0 aromatic rings. The number of ether oxygens (including phenoxy) is 4. The number of hydrogen-bond acceptors (Lipinski definition) is 13. The maximum atomic E-state index is 10.3. The monoisotopic (exact) mass is 544 g/mol. The molecule has 14 heteroatoms. The number of nitrogens with zero attached hydrogens (tertiary/aromatic N) is 1. The van der Waals surface area contributed by atoms with Crippen molar-refractivity contribution in [1.29, 1.82) is 0 Å². The van der Waals surface area contributed by atoms with Crippen molar-refractivity contribution >= 4 is 29.4 Å². The van der Waals surface area contributed by atoms with Gasteiger partial charge in [0.15, 0.2) is 6.29 Å². The van der Waals surface area contributed by atoms with Gasteiger partial charge < -0.3 is 55.3 Å². The minimum Gasteiger partial charge on any atom is -0.394 e. The maximum absolute atomic E-state index is 10.3. The van der Waals surface area contributed by atoms with E-state index in [0.717, 1.165) is 29.7 Å². The average Bonchev–Trinajstić information content (AvgIpc) is 2.86. The summed E-state index contributed by atoms with van der Waals surface area (Å²) in [4.78, 5) is 4.28. The summed E-state index contributed by atoms with van der Waals surface area (Å²) in [6.45, 7) is 2.26. The molecule has 0 aliphatic carbocycles. The molecule has 2 aliphatic rings. The molecule has 0 aromatic heterocycles. The Balaban J connectivity index is 1.59. The lowest BCUT2D eigenvalue weighted by Crippen LogP contribution is -2.58. The maximum Gasteiger partial charge on any atom is 0.186 e. The van der Waals surface area contributed by atoms with E-state index in [2.05, 4.69) is 4.99 Å². The highest BCUT2D eigenvalue weighted by atomic mass is 32.2. The molecule has 2 rings (SSSR count). The molecule has 0 spiro atoms. The van der Waals surface area contributed by atoms with Crippen molar-refractivity contribution in [2.45, 2.75) is 80.3 Å². The average molecular weight is 545 g/mol. The molecule has 2 aliphatic heterocycles. The molecule has 0 radical (unpaired) electrons. The van der Waals surface area contributed by atoms with E-state index in [4.69, 9.17) is 24.7 Å². The lowest BCUT2D eigenvalue weighted by Gasteiger charge is -2.41. The Bertz CT molecular complexity index is 633. The highest BCUT2D eigenvalue weighted by molar-refractivity contribution is 8.00. The third kappa shape index (κ3) is 8.93. The molecule has 2 saturated heterocycles. The molecule has 0 saturated carbocycles. The number of methoxy groups -OCH3 is 1. The fourth-order valence-corrected chi connectivity index (χ4v) is 5.52. The minimum atomic E-state index is -1.41. The topological polar surface area (TPSA) is 197 Å². The zero-order valence-electron chi connectivity index (χ0n) is 20.1. The van der Waals surface area contributed by atoms with Crippen molar-refractivity contribution in [1.82, 2.24) is 0 Å². The predicted octanol–water partition coefficient (Wildman–Crippen LogP) is -2.11. The molecule has 0 bridgehead atoms. The van der Waals surface area contributed by atoms with Crippen LogP contribution in [-0.4, -0.2) is 141 Å². The van der Waals surface area contributed by atoms with E-state index in [0.29, 0.717) is 25.4 Å². The molecular formula is C21H40N2O10S2. The van der Waals surface area contributed by atoms with Gasteiger partial charge in [-0.05, 0) is 18.6 Å². The fraction of sp³-hybridized carbons (Fsp3) is 0.952. The number of aliphatic hydroxyl groups is 6. The Morgan fingerprint density at radius 2 is 1.69 bits per heavy atom. The van der Waals surface area contributed by atoms with Crippen LogP contribution < -0.4 is 5.73 Å². The van der Waals surface area contributed by atoms with Crippen LogP contribution in [0.2, 0.25) is 0 Å². The van der Waals surface area contributed by atoms with Crippen LogP contribution in [0.4, 0.5) is 0 Å². The van der Waals surface area contributed by atoms with Gasteiger partial charge in [0.2, 0.25) is 0 Å². The summed E-state index contributed by atoms with van der Waals surface area (Å²) in [7, 11) is 1.47. The second kappa shape index (κ2) is 15.9. The summed E-state index contributed by atoms with van der Waals surface area (Å²) in [6.07, 6.45) is -7.85. The van der Waals surface area contributed by atoms with Crippen LogP contribution in [0.25, 0.3) is 0 Å². The quantitative estimate of drug-likeness (QED) is 0.0713. The summed E-state index contributed by atoms with van der Waals surface area (Å²) in [5, 5.41) is 59.4. The lowest BCUT2D eigenvalue weighted by atomic mass is 9.97. The first-order valence-corrected chi connectivity index (χ1v) is 13.9. The van der Waals surface area contributed by atoms with E-state index in [9.17, 15) is 30.6 Å². The van der Waals surface area contributed by atoms with Gasteiger partial charge in [-0.1, -0.05) is 6.92 Å². The summed E-state index contributed by atoms with van der Waals surface area (Å²) < 4.78 is 22.1. The van der Waals surface area contributed by atoms with E-state index in [-0.39, 0.29) is 5.75 Å². The molecule has 0 aromatic carbocycles. The van der Waals surface area contributed by atoms with Crippen LogP contribution >= 0.6 is 23.5 Å². The summed E-state index contributed by atoms with van der Waals surface area (Å²) in [5.74, 6) is 2.16. The highest BCUT2D eigenvalue weighted by Gasteiger charge is 2.45. The Labute approximate surface area is 214 Å². The number of hydrogen-bond donors (Lipinski definition) is 7. The highest BCUT2D eigenvalue weighted by Crippen LogP contribution is 2.28. The zero-order valence-corrected chi connectivity index (χ0v) is 21.7. The smallest absolute Gasteiger partial charge is 0.186 e. The van der Waals surface area contributed by atoms with E-state index < -0.39 is 67.2 Å². The molecule has 35 heavy (non-hydrogen) atoms. The molecule has 8 N–H and O–H groups in total. The van der Waals surface area contributed by atoms with E-state index in [1.54, 1.807) is 11.8 Å². The number of thioether (sulfide) groups is 2. The minimum absolute atomic E-state index is 0.262. The van der Waals surface area contributed by atoms with Crippen LogP contribution in [0.1, 0.15) is 19.8 Å². The Morgan fingerprint density at radius 1 is 0.971 bits per heavy atom. The van der Waals surface area contributed by atoms with Gasteiger partial charge >= 0.3 is 0 Å². The Hall–Kier alpha value is -0.230. The normalized spacial score (nSPS) is 38.6. The Morgan fingerprint density at radius 3 is 2.34 bits per heavy atom. The van der Waals surface area contributed by atoms with Crippen molar-refractivity contribution in [2.24, 2.45) is 10.7 Å². The van der Waals surface area contributed by atoms with Crippen LogP contribution in [0.15, 0.2) is 4.99 Å². The molecule has 206 valence electrons. The second-order valence-electron chi connectivity index (χ2n) is 8.35. The van der Waals surface area contributed by atoms with Crippen molar-refractivity contribution in [3.05, 3.63) is 0 Å². The molecule has 2 fully saturated rings. The number of rotatable bonds is 14. The first-order valence-electron chi connectivity index (χ1n) is 11.7. The van der Waals surface area contributed by atoms with Gasteiger partial charge in [0.05, 0.1) is 18.5 Å². The van der Waals surface area contributed by atoms with E-state index in [1.807, 2.05) is 6.92 Å².